The van der Waals surface area contributed by atoms with Crippen LogP contribution in [0.2, 0.25) is 0 Å². The number of benzene rings is 1. The fourth-order valence-electron chi connectivity index (χ4n) is 3.15. The van der Waals surface area contributed by atoms with Gasteiger partial charge in [0.1, 0.15) is 0 Å². The van der Waals surface area contributed by atoms with Crippen molar-refractivity contribution in [2.24, 2.45) is 11.8 Å². The van der Waals surface area contributed by atoms with Crippen LogP contribution < -0.4 is 5.32 Å². The van der Waals surface area contributed by atoms with Crippen molar-refractivity contribution in [3.8, 4) is 0 Å². The quantitative estimate of drug-likeness (QED) is 0.856. The first-order valence-electron chi connectivity index (χ1n) is 8.10. The molecule has 0 spiro atoms. The third-order valence-electron chi connectivity index (χ3n) is 4.09. The van der Waals surface area contributed by atoms with Gasteiger partial charge in [0.05, 0.1) is 0 Å². The molecular formula is C18H30N2. The fraction of sp³-hybridized carbons (Fsp3) is 0.667. The molecule has 1 unspecified atom stereocenters. The van der Waals surface area contributed by atoms with Gasteiger partial charge in [-0.3, -0.25) is 0 Å². The highest BCUT2D eigenvalue weighted by molar-refractivity contribution is 5.22. The second-order valence-corrected chi connectivity index (χ2v) is 6.82. The molecule has 1 aliphatic rings. The maximum absolute atomic E-state index is 3.50. The van der Waals surface area contributed by atoms with E-state index in [1.807, 2.05) is 0 Å². The van der Waals surface area contributed by atoms with Gasteiger partial charge in [0.25, 0.3) is 0 Å². The number of piperidine rings is 1. The Labute approximate surface area is 124 Å². The molecule has 1 aromatic rings. The van der Waals surface area contributed by atoms with Gasteiger partial charge in [0, 0.05) is 13.1 Å². The Hall–Kier alpha value is -0.860. The Bertz CT molecular complexity index is 377. The minimum Gasteiger partial charge on any atom is -0.316 e. The van der Waals surface area contributed by atoms with Crippen molar-refractivity contribution in [2.45, 2.75) is 39.7 Å². The molecule has 2 nitrogen and oxygen atoms in total. The van der Waals surface area contributed by atoms with Gasteiger partial charge in [-0.1, -0.05) is 38.1 Å². The van der Waals surface area contributed by atoms with Gasteiger partial charge in [0.15, 0.2) is 0 Å². The van der Waals surface area contributed by atoms with Crippen molar-refractivity contribution >= 4 is 0 Å². The summed E-state index contributed by atoms with van der Waals surface area (Å²) in [5.41, 5.74) is 2.90. The summed E-state index contributed by atoms with van der Waals surface area (Å²) in [4.78, 5) is 2.47. The van der Waals surface area contributed by atoms with Crippen molar-refractivity contribution < 1.29 is 0 Å². The summed E-state index contributed by atoms with van der Waals surface area (Å²) in [6.45, 7) is 9.23. The lowest BCUT2D eigenvalue weighted by Crippen LogP contribution is -2.36. The van der Waals surface area contributed by atoms with E-state index in [-0.39, 0.29) is 0 Å². The number of hydrogen-bond donors (Lipinski definition) is 1. The Morgan fingerprint density at radius 1 is 1.20 bits per heavy atom. The predicted molar refractivity (Wildman–Crippen MR) is 86.9 cm³/mol. The molecule has 1 aromatic carbocycles. The van der Waals surface area contributed by atoms with Crippen LogP contribution in [0.3, 0.4) is 0 Å². The number of hydrogen-bond acceptors (Lipinski definition) is 2. The van der Waals surface area contributed by atoms with E-state index in [0.29, 0.717) is 0 Å². The molecule has 1 atom stereocenters. The number of rotatable bonds is 6. The first-order chi connectivity index (χ1) is 9.63. The Kier molecular flexibility index (Phi) is 6.06. The lowest BCUT2D eigenvalue weighted by atomic mass is 9.99. The molecule has 2 rings (SSSR count). The molecule has 112 valence electrons. The minimum atomic E-state index is 0.738. The monoisotopic (exact) mass is 274 g/mol. The van der Waals surface area contributed by atoms with E-state index in [1.54, 1.807) is 0 Å². The Morgan fingerprint density at radius 3 is 2.50 bits per heavy atom. The van der Waals surface area contributed by atoms with Crippen LogP contribution in [-0.2, 0) is 13.0 Å². The van der Waals surface area contributed by atoms with Crippen LogP contribution in [-0.4, -0.2) is 31.6 Å². The first-order valence-corrected chi connectivity index (χ1v) is 8.10. The molecule has 0 radical (unpaired) electrons. The molecule has 0 amide bonds. The van der Waals surface area contributed by atoms with Gasteiger partial charge in [-0.05, 0) is 62.4 Å². The second kappa shape index (κ2) is 7.80. The van der Waals surface area contributed by atoms with E-state index in [4.69, 9.17) is 0 Å². The van der Waals surface area contributed by atoms with E-state index in [9.17, 15) is 0 Å². The van der Waals surface area contributed by atoms with Crippen molar-refractivity contribution in [3.63, 3.8) is 0 Å². The zero-order valence-corrected chi connectivity index (χ0v) is 13.4. The van der Waals surface area contributed by atoms with E-state index in [1.165, 1.54) is 50.0 Å². The molecule has 20 heavy (non-hydrogen) atoms. The summed E-state index contributed by atoms with van der Waals surface area (Å²) < 4.78 is 0. The van der Waals surface area contributed by atoms with E-state index < -0.39 is 0 Å². The lowest BCUT2D eigenvalue weighted by Gasteiger charge is -2.27. The topological polar surface area (TPSA) is 15.3 Å². The minimum absolute atomic E-state index is 0.738. The summed E-state index contributed by atoms with van der Waals surface area (Å²) >= 11 is 0. The maximum atomic E-state index is 3.50. The summed E-state index contributed by atoms with van der Waals surface area (Å²) in [7, 11) is 2.25. The molecule has 1 N–H and O–H groups in total. The maximum Gasteiger partial charge on any atom is 0.0230 e. The van der Waals surface area contributed by atoms with Crippen LogP contribution in [0.5, 0.6) is 0 Å². The molecule has 1 saturated heterocycles. The second-order valence-electron chi connectivity index (χ2n) is 6.82. The molecule has 2 heteroatoms. The molecular weight excluding hydrogens is 244 g/mol. The van der Waals surface area contributed by atoms with Crippen LogP contribution in [0.1, 0.15) is 37.8 Å². The first kappa shape index (κ1) is 15.5. The molecule has 1 heterocycles. The van der Waals surface area contributed by atoms with Gasteiger partial charge >= 0.3 is 0 Å². The third-order valence-corrected chi connectivity index (χ3v) is 4.09. The SMILES string of the molecule is CC(C)Cc1ccc(CN(C)CC2CCCNC2)cc1. The van der Waals surface area contributed by atoms with Crippen LogP contribution in [0.25, 0.3) is 0 Å². The molecule has 0 bridgehead atoms. The van der Waals surface area contributed by atoms with Crippen molar-refractivity contribution in [2.75, 3.05) is 26.7 Å². The van der Waals surface area contributed by atoms with Crippen molar-refractivity contribution in [3.05, 3.63) is 35.4 Å². The zero-order valence-electron chi connectivity index (χ0n) is 13.4. The highest BCUT2D eigenvalue weighted by Gasteiger charge is 2.14. The average molecular weight is 274 g/mol. The number of nitrogens with one attached hydrogen (secondary N) is 1. The Balaban J connectivity index is 1.79. The normalized spacial score (nSPS) is 19.8. The summed E-state index contributed by atoms with van der Waals surface area (Å²) in [6.07, 6.45) is 3.90. The van der Waals surface area contributed by atoms with E-state index in [0.717, 1.165) is 18.4 Å². The van der Waals surface area contributed by atoms with Crippen molar-refractivity contribution in [1.82, 2.24) is 10.2 Å². The van der Waals surface area contributed by atoms with E-state index >= 15 is 0 Å². The summed E-state index contributed by atoms with van der Waals surface area (Å²) in [6, 6.07) is 9.19. The zero-order chi connectivity index (χ0) is 14.4. The standard InChI is InChI=1S/C18H30N2/c1-15(2)11-16-6-8-17(9-7-16)13-20(3)14-18-5-4-10-19-12-18/h6-9,15,18-19H,4-5,10-14H2,1-3H3. The smallest absolute Gasteiger partial charge is 0.0230 e. The van der Waals surface area contributed by atoms with Crippen molar-refractivity contribution in [1.29, 1.82) is 0 Å². The molecule has 1 fully saturated rings. The van der Waals surface area contributed by atoms with Gasteiger partial charge in [-0.2, -0.15) is 0 Å². The van der Waals surface area contributed by atoms with Crippen LogP contribution in [0.4, 0.5) is 0 Å². The summed E-state index contributed by atoms with van der Waals surface area (Å²) in [5.74, 6) is 1.57. The van der Waals surface area contributed by atoms with Crippen LogP contribution in [0, 0.1) is 11.8 Å². The molecule has 0 aromatic heterocycles. The van der Waals surface area contributed by atoms with Gasteiger partial charge in [-0.15, -0.1) is 0 Å². The Morgan fingerprint density at radius 2 is 1.90 bits per heavy atom. The van der Waals surface area contributed by atoms with Gasteiger partial charge in [-0.25, -0.2) is 0 Å². The lowest BCUT2D eigenvalue weighted by molar-refractivity contribution is 0.237. The average Bonchev–Trinajstić information content (AvgIpc) is 2.41. The van der Waals surface area contributed by atoms with Gasteiger partial charge < -0.3 is 10.2 Å². The third kappa shape index (κ3) is 5.26. The largest absolute Gasteiger partial charge is 0.316 e. The van der Waals surface area contributed by atoms with Crippen LogP contribution in [0.15, 0.2) is 24.3 Å². The van der Waals surface area contributed by atoms with Crippen LogP contribution >= 0.6 is 0 Å². The summed E-state index contributed by atoms with van der Waals surface area (Å²) in [5, 5.41) is 3.50. The number of nitrogens with zero attached hydrogens (tertiary/aromatic N) is 1. The molecule has 0 saturated carbocycles. The highest BCUT2D eigenvalue weighted by Crippen LogP contribution is 2.14. The predicted octanol–water partition coefficient (Wildman–Crippen LogP) is 3.32. The molecule has 0 aliphatic carbocycles. The van der Waals surface area contributed by atoms with Gasteiger partial charge in [0.2, 0.25) is 0 Å². The highest BCUT2D eigenvalue weighted by atomic mass is 15.1. The fourth-order valence-corrected chi connectivity index (χ4v) is 3.15. The van der Waals surface area contributed by atoms with E-state index in [2.05, 4.69) is 55.4 Å². The molecule has 1 aliphatic heterocycles.